The number of carboxylic acid groups (broad SMARTS) is 1. The normalized spacial score (nSPS) is 14.3. The highest BCUT2D eigenvalue weighted by Crippen LogP contribution is 2.41. The third-order valence-corrected chi connectivity index (χ3v) is 10.1. The molecule has 204 valence electrons. The zero-order valence-electron chi connectivity index (χ0n) is 21.1. The summed E-state index contributed by atoms with van der Waals surface area (Å²) < 4.78 is 31.9. The fourth-order valence-electron chi connectivity index (χ4n) is 4.52. The van der Waals surface area contributed by atoms with Crippen molar-refractivity contribution in [1.29, 1.82) is 0 Å². The molecule has 0 saturated heterocycles. The first kappa shape index (κ1) is 26.4. The lowest BCUT2D eigenvalue weighted by Gasteiger charge is -2.19. The topological polar surface area (TPSA) is 139 Å². The highest BCUT2D eigenvalue weighted by molar-refractivity contribution is 7.90. The summed E-state index contributed by atoms with van der Waals surface area (Å²) in [6, 6.07) is 13.7. The first-order valence-electron chi connectivity index (χ1n) is 12.4. The van der Waals surface area contributed by atoms with Gasteiger partial charge in [0, 0.05) is 33.7 Å². The van der Waals surface area contributed by atoms with Crippen molar-refractivity contribution in [3.05, 3.63) is 88.5 Å². The number of amides is 1. The average molecular weight is 595 g/mol. The van der Waals surface area contributed by atoms with Crippen LogP contribution in [-0.2, 0) is 10.0 Å². The first-order chi connectivity index (χ1) is 19.2. The average Bonchev–Trinajstić information content (AvgIpc) is 3.57. The summed E-state index contributed by atoms with van der Waals surface area (Å²) in [5.74, 6) is 0.892. The summed E-state index contributed by atoms with van der Waals surface area (Å²) in [5, 5.41) is 12.0. The molecule has 5 aromatic rings. The number of hydrogen-bond acceptors (Lipinski definition) is 7. The van der Waals surface area contributed by atoms with Gasteiger partial charge in [-0.05, 0) is 55.5 Å². The summed E-state index contributed by atoms with van der Waals surface area (Å²) in [6.45, 7) is 1.93. The van der Waals surface area contributed by atoms with Crippen molar-refractivity contribution in [3.8, 4) is 16.9 Å². The molecule has 0 spiro atoms. The molecule has 1 aliphatic carbocycles. The van der Waals surface area contributed by atoms with Crippen molar-refractivity contribution >= 4 is 55.0 Å². The highest BCUT2D eigenvalue weighted by atomic mass is 35.5. The smallest absolute Gasteiger partial charge is 0.410 e. The quantitative estimate of drug-likeness (QED) is 0.207. The molecule has 3 N–H and O–H groups in total. The van der Waals surface area contributed by atoms with Crippen LogP contribution >= 0.6 is 22.9 Å². The van der Waals surface area contributed by atoms with Gasteiger partial charge in [0.05, 0.1) is 33.4 Å². The Morgan fingerprint density at radius 2 is 1.98 bits per heavy atom. The fraction of sp³-hybridized carbons (Fsp3) is 0.185. The maximum atomic E-state index is 13.1. The van der Waals surface area contributed by atoms with E-state index in [2.05, 4.69) is 25.0 Å². The van der Waals surface area contributed by atoms with Crippen LogP contribution in [0.15, 0.2) is 67.1 Å². The first-order valence-corrected chi connectivity index (χ1v) is 15.1. The van der Waals surface area contributed by atoms with Crippen LogP contribution in [0.4, 0.5) is 10.6 Å². The van der Waals surface area contributed by atoms with Gasteiger partial charge in [-0.25, -0.2) is 27.9 Å². The van der Waals surface area contributed by atoms with E-state index in [0.717, 1.165) is 32.9 Å². The molecule has 40 heavy (non-hydrogen) atoms. The Labute approximate surface area is 238 Å². The minimum Gasteiger partial charge on any atom is -0.465 e. The summed E-state index contributed by atoms with van der Waals surface area (Å²) >= 11 is 7.93. The number of pyridine rings is 2. The lowest BCUT2D eigenvalue weighted by molar-refractivity contribution is 0.209. The van der Waals surface area contributed by atoms with Crippen molar-refractivity contribution in [1.82, 2.24) is 24.2 Å². The Balaban J connectivity index is 1.47. The van der Waals surface area contributed by atoms with Crippen LogP contribution in [0.2, 0.25) is 5.02 Å². The van der Waals surface area contributed by atoms with Crippen molar-refractivity contribution in [3.63, 3.8) is 0 Å². The summed E-state index contributed by atoms with van der Waals surface area (Å²) in [5.41, 5.74) is 2.77. The summed E-state index contributed by atoms with van der Waals surface area (Å²) in [7, 11) is -3.67. The molecular weight excluding hydrogens is 572 g/mol. The van der Waals surface area contributed by atoms with E-state index in [9.17, 15) is 18.3 Å². The third-order valence-electron chi connectivity index (χ3n) is 6.60. The lowest BCUT2D eigenvalue weighted by atomic mass is 10.1. The number of benzene rings is 1. The van der Waals surface area contributed by atoms with Crippen LogP contribution in [0.5, 0.6) is 0 Å². The number of nitrogens with zero attached hydrogens (tertiary/aromatic N) is 4. The molecule has 0 bridgehead atoms. The molecule has 4 heterocycles. The van der Waals surface area contributed by atoms with E-state index in [1.54, 1.807) is 12.4 Å². The molecule has 1 aromatic carbocycles. The van der Waals surface area contributed by atoms with Crippen LogP contribution in [0.3, 0.4) is 0 Å². The number of imidazole rings is 1. The maximum absolute atomic E-state index is 13.1. The number of thiophene rings is 1. The van der Waals surface area contributed by atoms with Crippen LogP contribution in [0.1, 0.15) is 35.3 Å². The van der Waals surface area contributed by atoms with Gasteiger partial charge in [0.2, 0.25) is 10.0 Å². The van der Waals surface area contributed by atoms with Crippen LogP contribution in [0.25, 0.3) is 27.0 Å². The van der Waals surface area contributed by atoms with E-state index >= 15 is 0 Å². The van der Waals surface area contributed by atoms with Gasteiger partial charge in [0.15, 0.2) is 0 Å². The molecule has 1 amide bonds. The minimum atomic E-state index is -3.67. The lowest BCUT2D eigenvalue weighted by Crippen LogP contribution is -2.32. The monoisotopic (exact) mass is 594 g/mol. The number of sulfonamides is 1. The van der Waals surface area contributed by atoms with Crippen LogP contribution in [-0.4, -0.2) is 44.4 Å². The Hall–Kier alpha value is -3.84. The second-order valence-corrected chi connectivity index (χ2v) is 12.9. The van der Waals surface area contributed by atoms with Crippen LogP contribution < -0.4 is 10.0 Å². The largest absolute Gasteiger partial charge is 0.465 e. The second-order valence-electron chi connectivity index (χ2n) is 9.41. The van der Waals surface area contributed by atoms with Gasteiger partial charge in [0.1, 0.15) is 11.6 Å². The molecule has 6 rings (SSSR count). The molecule has 4 aromatic heterocycles. The van der Waals surface area contributed by atoms with Gasteiger partial charge >= 0.3 is 6.09 Å². The van der Waals surface area contributed by atoms with E-state index in [0.29, 0.717) is 17.7 Å². The van der Waals surface area contributed by atoms with Gasteiger partial charge in [-0.15, -0.1) is 11.3 Å². The molecule has 13 heteroatoms. The van der Waals surface area contributed by atoms with Gasteiger partial charge in [-0.1, -0.05) is 29.8 Å². The van der Waals surface area contributed by atoms with E-state index in [1.807, 2.05) is 54.1 Å². The van der Waals surface area contributed by atoms with Crippen LogP contribution in [0, 0.1) is 6.92 Å². The second kappa shape index (κ2) is 10.3. The van der Waals surface area contributed by atoms with Crippen molar-refractivity contribution in [2.24, 2.45) is 0 Å². The Kier molecular flexibility index (Phi) is 6.78. The van der Waals surface area contributed by atoms with Crippen molar-refractivity contribution in [2.75, 3.05) is 5.32 Å². The molecule has 1 fully saturated rings. The number of hydrogen-bond donors (Lipinski definition) is 3. The number of nitrogens with one attached hydrogen (secondary N) is 2. The highest BCUT2D eigenvalue weighted by Gasteiger charge is 2.38. The molecular formula is C27H23ClN6O4S2. The molecule has 1 saturated carbocycles. The number of rotatable bonds is 8. The molecule has 10 nitrogen and oxygen atoms in total. The van der Waals surface area contributed by atoms with Gasteiger partial charge in [-0.2, -0.15) is 0 Å². The fourth-order valence-corrected chi connectivity index (χ4v) is 7.56. The third kappa shape index (κ3) is 5.18. The van der Waals surface area contributed by atoms with E-state index in [4.69, 9.17) is 11.6 Å². The van der Waals surface area contributed by atoms with Gasteiger partial charge in [0.25, 0.3) is 0 Å². The molecule has 1 atom stereocenters. The number of aromatic nitrogens is 4. The SMILES string of the molecule is Cc1nccn1-c1ccnc(-c2cccc3cc(C(NS(=O)(=O)C4CC4)c4nc(NC(=O)O)ccc4Cl)sc23)c1. The van der Waals surface area contributed by atoms with Gasteiger partial charge in [-0.3, -0.25) is 10.3 Å². The maximum Gasteiger partial charge on any atom is 0.410 e. The molecule has 1 aliphatic rings. The predicted octanol–water partition coefficient (Wildman–Crippen LogP) is 5.77. The van der Waals surface area contributed by atoms with E-state index in [1.165, 1.54) is 23.5 Å². The molecule has 0 radical (unpaired) electrons. The van der Waals surface area contributed by atoms with Gasteiger partial charge < -0.3 is 9.67 Å². The molecule has 0 aliphatic heterocycles. The number of fused-ring (bicyclic) bond motifs is 1. The standard InChI is InChI=1S/C27H23ClN6O4S2/c1-15-29-11-12-34(15)17-9-10-30-21(14-17)19-4-2-3-16-13-22(39-26(16)19)25(33-40(37,38)18-5-6-18)24-20(28)7-8-23(31-24)32-27(35)36/h2-4,7-14,18,25,33H,5-6H2,1H3,(H,31,32)(H,35,36). The number of anilines is 1. The predicted molar refractivity (Wildman–Crippen MR) is 155 cm³/mol. The van der Waals surface area contributed by atoms with Crippen molar-refractivity contribution in [2.45, 2.75) is 31.1 Å². The zero-order valence-corrected chi connectivity index (χ0v) is 23.5. The Morgan fingerprint density at radius 3 is 2.70 bits per heavy atom. The van der Waals surface area contributed by atoms with E-state index in [-0.39, 0.29) is 16.5 Å². The molecule has 1 unspecified atom stereocenters. The van der Waals surface area contributed by atoms with Crippen molar-refractivity contribution < 1.29 is 18.3 Å². The summed E-state index contributed by atoms with van der Waals surface area (Å²) in [6.07, 6.45) is 5.25. The summed E-state index contributed by atoms with van der Waals surface area (Å²) in [4.78, 5) is 25.2. The number of halogens is 1. The zero-order chi connectivity index (χ0) is 28.0. The number of aryl methyl sites for hydroxylation is 1. The minimum absolute atomic E-state index is 0.0418. The number of carbonyl (C=O) groups is 1. The van der Waals surface area contributed by atoms with E-state index < -0.39 is 27.4 Å². The Bertz CT molecular complexity index is 1870. The Morgan fingerprint density at radius 1 is 1.15 bits per heavy atom.